The zero-order valence-corrected chi connectivity index (χ0v) is 10.4. The van der Waals surface area contributed by atoms with Gasteiger partial charge in [0, 0.05) is 12.1 Å². The van der Waals surface area contributed by atoms with Gasteiger partial charge in [0.1, 0.15) is 17.3 Å². The summed E-state index contributed by atoms with van der Waals surface area (Å²) < 4.78 is 0. The fourth-order valence-corrected chi connectivity index (χ4v) is 1.71. The normalized spacial score (nSPS) is 10.2. The largest absolute Gasteiger partial charge is 0.369 e. The molecule has 0 spiro atoms. The van der Waals surface area contributed by atoms with Crippen LogP contribution in [0.15, 0.2) is 36.7 Å². The molecule has 0 aliphatic heterocycles. The number of halogens is 1. The minimum Gasteiger partial charge on any atom is -0.369 e. The molecule has 2 aromatic rings. The predicted molar refractivity (Wildman–Crippen MR) is 70.4 cm³/mol. The van der Waals surface area contributed by atoms with Crippen molar-refractivity contribution in [3.63, 3.8) is 0 Å². The predicted octanol–water partition coefficient (Wildman–Crippen LogP) is 3.09. The van der Waals surface area contributed by atoms with Gasteiger partial charge in [0.2, 0.25) is 0 Å². The number of rotatable bonds is 4. The van der Waals surface area contributed by atoms with Crippen molar-refractivity contribution in [1.29, 1.82) is 0 Å². The summed E-state index contributed by atoms with van der Waals surface area (Å²) in [5.74, 6) is 0.806. The molecule has 1 aromatic heterocycles. The molecular formula is C13H14ClN3. The molecule has 0 saturated heterocycles. The lowest BCUT2D eigenvalue weighted by molar-refractivity contribution is 0.991. The van der Waals surface area contributed by atoms with Gasteiger partial charge in [-0.15, -0.1) is 0 Å². The van der Waals surface area contributed by atoms with E-state index in [1.807, 2.05) is 25.1 Å². The first kappa shape index (κ1) is 11.9. The van der Waals surface area contributed by atoms with Gasteiger partial charge in [-0.3, -0.25) is 0 Å². The first-order valence-corrected chi connectivity index (χ1v) is 5.90. The first-order valence-electron chi connectivity index (χ1n) is 5.52. The van der Waals surface area contributed by atoms with Crippen molar-refractivity contribution in [1.82, 2.24) is 9.97 Å². The third kappa shape index (κ3) is 3.17. The van der Waals surface area contributed by atoms with E-state index in [4.69, 9.17) is 11.6 Å². The number of hydrogen-bond donors (Lipinski definition) is 1. The number of nitrogens with one attached hydrogen (secondary N) is 1. The Kier molecular flexibility index (Phi) is 3.94. The maximum atomic E-state index is 5.92. The summed E-state index contributed by atoms with van der Waals surface area (Å²) in [5, 5.41) is 3.77. The van der Waals surface area contributed by atoms with Crippen molar-refractivity contribution in [3.8, 4) is 0 Å². The summed E-state index contributed by atoms with van der Waals surface area (Å²) in [7, 11) is 0. The SMILES string of the molecule is Cc1c(Cl)ncnc1NCCc1ccccc1. The van der Waals surface area contributed by atoms with E-state index in [0.29, 0.717) is 5.15 Å². The summed E-state index contributed by atoms with van der Waals surface area (Å²) in [4.78, 5) is 8.08. The van der Waals surface area contributed by atoms with Gasteiger partial charge < -0.3 is 5.32 Å². The Morgan fingerprint density at radius 2 is 1.94 bits per heavy atom. The van der Waals surface area contributed by atoms with E-state index in [-0.39, 0.29) is 0 Å². The van der Waals surface area contributed by atoms with Crippen LogP contribution in [-0.2, 0) is 6.42 Å². The highest BCUT2D eigenvalue weighted by atomic mass is 35.5. The van der Waals surface area contributed by atoms with Crippen molar-refractivity contribution in [3.05, 3.63) is 52.9 Å². The highest BCUT2D eigenvalue weighted by Crippen LogP contribution is 2.17. The third-order valence-corrected chi connectivity index (χ3v) is 2.95. The topological polar surface area (TPSA) is 37.8 Å². The van der Waals surface area contributed by atoms with Crippen LogP contribution in [0, 0.1) is 6.92 Å². The summed E-state index contributed by atoms with van der Waals surface area (Å²) in [6.07, 6.45) is 2.43. The summed E-state index contributed by atoms with van der Waals surface area (Å²) >= 11 is 5.92. The number of anilines is 1. The van der Waals surface area contributed by atoms with Crippen LogP contribution in [0.25, 0.3) is 0 Å². The molecule has 2 rings (SSSR count). The van der Waals surface area contributed by atoms with Crippen LogP contribution < -0.4 is 5.32 Å². The third-order valence-electron chi connectivity index (χ3n) is 2.57. The number of aromatic nitrogens is 2. The Morgan fingerprint density at radius 1 is 1.18 bits per heavy atom. The summed E-state index contributed by atoms with van der Waals surface area (Å²) in [6.45, 7) is 2.74. The minimum absolute atomic E-state index is 0.502. The van der Waals surface area contributed by atoms with E-state index in [9.17, 15) is 0 Å². The van der Waals surface area contributed by atoms with Gasteiger partial charge in [-0.2, -0.15) is 0 Å². The summed E-state index contributed by atoms with van der Waals surface area (Å²) in [5.41, 5.74) is 2.19. The van der Waals surface area contributed by atoms with Crippen LogP contribution in [-0.4, -0.2) is 16.5 Å². The van der Waals surface area contributed by atoms with Crippen molar-refractivity contribution in [2.45, 2.75) is 13.3 Å². The molecule has 17 heavy (non-hydrogen) atoms. The van der Waals surface area contributed by atoms with E-state index in [1.165, 1.54) is 11.9 Å². The molecule has 88 valence electrons. The molecule has 0 bridgehead atoms. The molecule has 0 radical (unpaired) electrons. The lowest BCUT2D eigenvalue weighted by atomic mass is 10.1. The molecule has 0 aliphatic carbocycles. The number of benzene rings is 1. The molecule has 3 nitrogen and oxygen atoms in total. The molecule has 0 saturated carbocycles. The number of nitrogens with zero attached hydrogens (tertiary/aromatic N) is 2. The first-order chi connectivity index (χ1) is 8.27. The average molecular weight is 248 g/mol. The highest BCUT2D eigenvalue weighted by Gasteiger charge is 2.03. The zero-order chi connectivity index (χ0) is 12.1. The highest BCUT2D eigenvalue weighted by molar-refractivity contribution is 6.30. The van der Waals surface area contributed by atoms with Gasteiger partial charge in [0.05, 0.1) is 0 Å². The standard InChI is InChI=1S/C13H14ClN3/c1-10-12(14)16-9-17-13(10)15-8-7-11-5-3-2-4-6-11/h2-6,9H,7-8H2,1H3,(H,15,16,17). The Hall–Kier alpha value is -1.61. The van der Waals surface area contributed by atoms with Gasteiger partial charge in [0.15, 0.2) is 0 Å². The lowest BCUT2D eigenvalue weighted by Gasteiger charge is -2.08. The Balaban J connectivity index is 1.93. The molecule has 0 atom stereocenters. The van der Waals surface area contributed by atoms with Crippen LogP contribution in [0.1, 0.15) is 11.1 Å². The van der Waals surface area contributed by atoms with E-state index < -0.39 is 0 Å². The monoisotopic (exact) mass is 247 g/mol. The second-order valence-electron chi connectivity index (χ2n) is 3.80. The van der Waals surface area contributed by atoms with Crippen molar-refractivity contribution in [2.75, 3.05) is 11.9 Å². The molecule has 0 aliphatic rings. The Labute approximate surface area is 106 Å². The van der Waals surface area contributed by atoms with Crippen molar-refractivity contribution < 1.29 is 0 Å². The molecular weight excluding hydrogens is 234 g/mol. The quantitative estimate of drug-likeness (QED) is 0.844. The maximum absolute atomic E-state index is 5.92. The maximum Gasteiger partial charge on any atom is 0.137 e. The van der Waals surface area contributed by atoms with E-state index in [1.54, 1.807) is 0 Å². The van der Waals surface area contributed by atoms with Crippen LogP contribution in [0.5, 0.6) is 0 Å². The number of hydrogen-bond acceptors (Lipinski definition) is 3. The molecule has 1 heterocycles. The van der Waals surface area contributed by atoms with Crippen LogP contribution in [0.4, 0.5) is 5.82 Å². The molecule has 4 heteroatoms. The minimum atomic E-state index is 0.502. The summed E-state index contributed by atoms with van der Waals surface area (Å²) in [6, 6.07) is 10.3. The van der Waals surface area contributed by atoms with Gasteiger partial charge in [-0.1, -0.05) is 41.9 Å². The second-order valence-corrected chi connectivity index (χ2v) is 4.16. The van der Waals surface area contributed by atoms with Crippen molar-refractivity contribution >= 4 is 17.4 Å². The lowest BCUT2D eigenvalue weighted by Crippen LogP contribution is -2.08. The fourth-order valence-electron chi connectivity index (χ4n) is 1.58. The molecule has 0 amide bonds. The Morgan fingerprint density at radius 3 is 2.71 bits per heavy atom. The van der Waals surface area contributed by atoms with Gasteiger partial charge in [0.25, 0.3) is 0 Å². The van der Waals surface area contributed by atoms with Gasteiger partial charge >= 0.3 is 0 Å². The molecule has 1 N–H and O–H groups in total. The molecule has 0 unspecified atom stereocenters. The van der Waals surface area contributed by atoms with Crippen molar-refractivity contribution in [2.24, 2.45) is 0 Å². The Bertz CT molecular complexity index is 485. The molecule has 1 aromatic carbocycles. The van der Waals surface area contributed by atoms with E-state index in [2.05, 4.69) is 27.4 Å². The van der Waals surface area contributed by atoms with Crippen LogP contribution >= 0.6 is 11.6 Å². The van der Waals surface area contributed by atoms with E-state index >= 15 is 0 Å². The van der Waals surface area contributed by atoms with E-state index in [0.717, 1.165) is 24.3 Å². The van der Waals surface area contributed by atoms with Gasteiger partial charge in [-0.05, 0) is 18.9 Å². The van der Waals surface area contributed by atoms with Crippen LogP contribution in [0.2, 0.25) is 5.15 Å². The molecule has 0 fully saturated rings. The smallest absolute Gasteiger partial charge is 0.137 e. The fraction of sp³-hybridized carbons (Fsp3) is 0.231. The second kappa shape index (κ2) is 5.64. The van der Waals surface area contributed by atoms with Crippen LogP contribution in [0.3, 0.4) is 0 Å². The van der Waals surface area contributed by atoms with Gasteiger partial charge in [-0.25, -0.2) is 9.97 Å². The zero-order valence-electron chi connectivity index (χ0n) is 9.65. The average Bonchev–Trinajstić information content (AvgIpc) is 2.36.